The van der Waals surface area contributed by atoms with Crippen LogP contribution in [-0.4, -0.2) is 8.07 Å². The summed E-state index contributed by atoms with van der Waals surface area (Å²) < 4.78 is 0. The molecule has 0 amide bonds. The number of hydrogen-bond donors (Lipinski definition) is 0. The van der Waals surface area contributed by atoms with Crippen LogP contribution in [0.2, 0.25) is 5.04 Å². The second-order valence-electron chi connectivity index (χ2n) is 10.1. The van der Waals surface area contributed by atoms with Gasteiger partial charge in [0, 0.05) is 5.04 Å². The van der Waals surface area contributed by atoms with Crippen molar-refractivity contribution in [2.45, 2.75) is 60.4 Å². The van der Waals surface area contributed by atoms with Crippen LogP contribution in [0.25, 0.3) is 0 Å². The summed E-state index contributed by atoms with van der Waals surface area (Å²) in [5.41, 5.74) is 9.70. The summed E-state index contributed by atoms with van der Waals surface area (Å²) in [6, 6.07) is 26.1. The molecule has 0 aromatic heterocycles. The lowest BCUT2D eigenvalue weighted by Crippen LogP contribution is -2.73. The second kappa shape index (κ2) is 8.05. The molecule has 1 heteroatoms. The van der Waals surface area contributed by atoms with Crippen LogP contribution in [0.3, 0.4) is 0 Å². The minimum absolute atomic E-state index is 0.0497. The Morgan fingerprint density at radius 3 is 1.34 bits per heavy atom. The Labute approximate surface area is 195 Å². The molecule has 0 radical (unpaired) electrons. The fourth-order valence-electron chi connectivity index (χ4n) is 5.92. The first-order valence-electron chi connectivity index (χ1n) is 11.7. The van der Waals surface area contributed by atoms with Crippen molar-refractivity contribution in [2.24, 2.45) is 0 Å². The first-order chi connectivity index (χ1) is 15.1. The maximum absolute atomic E-state index is 2.58. The normalized spacial score (nSPS) is 18.8. The Morgan fingerprint density at radius 2 is 0.969 bits per heavy atom. The quantitative estimate of drug-likeness (QED) is 0.326. The predicted molar refractivity (Wildman–Crippen MR) is 143 cm³/mol. The summed E-state index contributed by atoms with van der Waals surface area (Å²) in [6.07, 6.45) is 2.58. The predicted octanol–water partition coefficient (Wildman–Crippen LogP) is 6.45. The van der Waals surface area contributed by atoms with Gasteiger partial charge in [0.2, 0.25) is 0 Å². The minimum Gasteiger partial charge on any atom is -0.0730 e. The Balaban J connectivity index is 2.22. The van der Waals surface area contributed by atoms with Crippen LogP contribution >= 0.6 is 0 Å². The number of rotatable bonds is 4. The highest BCUT2D eigenvalue weighted by Crippen LogP contribution is 2.52. The van der Waals surface area contributed by atoms with Gasteiger partial charge in [0.05, 0.1) is 0 Å². The smallest absolute Gasteiger partial charge is 0.0730 e. The molecule has 4 rings (SSSR count). The van der Waals surface area contributed by atoms with E-state index in [9.17, 15) is 0 Å². The number of allylic oxidation sites excluding steroid dienone is 4. The van der Waals surface area contributed by atoms with E-state index in [4.69, 9.17) is 0 Å². The van der Waals surface area contributed by atoms with Gasteiger partial charge in [-0.2, -0.15) is 0 Å². The van der Waals surface area contributed by atoms with E-state index < -0.39 is 8.07 Å². The van der Waals surface area contributed by atoms with Crippen molar-refractivity contribution in [3.8, 4) is 0 Å². The number of aryl methyl sites for hydroxylation is 4. The van der Waals surface area contributed by atoms with Gasteiger partial charge in [0.1, 0.15) is 0 Å². The molecule has 0 N–H and O–H groups in total. The lowest BCUT2D eigenvalue weighted by molar-refractivity contribution is 0.870. The fraction of sp³-hybridized carbons (Fsp3) is 0.290. The molecule has 1 atom stereocenters. The molecule has 0 heterocycles. The van der Waals surface area contributed by atoms with Crippen LogP contribution in [0.4, 0.5) is 0 Å². The van der Waals surface area contributed by atoms with E-state index >= 15 is 0 Å². The SMILES string of the molecule is CC1=CC(C)([Si](c2ccc(C)cc2)(c2ccc(C)cc2)c2cc(C)cc(C)c2)C(C)=C1C. The highest BCUT2D eigenvalue weighted by atomic mass is 28.3. The Morgan fingerprint density at radius 1 is 0.531 bits per heavy atom. The largest absolute Gasteiger partial charge is 0.161 e. The highest BCUT2D eigenvalue weighted by molar-refractivity contribution is 7.14. The molecule has 3 aromatic carbocycles. The van der Waals surface area contributed by atoms with Gasteiger partial charge < -0.3 is 0 Å². The Bertz CT molecular complexity index is 1160. The average Bonchev–Trinajstić information content (AvgIpc) is 2.94. The van der Waals surface area contributed by atoms with Crippen LogP contribution < -0.4 is 15.6 Å². The van der Waals surface area contributed by atoms with Crippen LogP contribution in [-0.2, 0) is 0 Å². The van der Waals surface area contributed by atoms with E-state index in [0.717, 1.165) is 0 Å². The minimum atomic E-state index is -2.50. The Kier molecular flexibility index (Phi) is 5.67. The van der Waals surface area contributed by atoms with Crippen molar-refractivity contribution < 1.29 is 0 Å². The third kappa shape index (κ3) is 3.35. The number of hydrogen-bond acceptors (Lipinski definition) is 0. The molecular weight excluding hydrogens is 400 g/mol. The molecule has 0 saturated carbocycles. The zero-order valence-corrected chi connectivity index (χ0v) is 21.9. The van der Waals surface area contributed by atoms with E-state index in [1.807, 2.05) is 0 Å². The zero-order chi connectivity index (χ0) is 23.3. The van der Waals surface area contributed by atoms with Gasteiger partial charge in [-0.15, -0.1) is 0 Å². The van der Waals surface area contributed by atoms with Crippen molar-refractivity contribution in [3.63, 3.8) is 0 Å². The molecule has 3 aromatic rings. The molecule has 1 unspecified atom stereocenters. The molecule has 0 spiro atoms. The third-order valence-corrected chi connectivity index (χ3v) is 13.5. The summed E-state index contributed by atoms with van der Waals surface area (Å²) in [4.78, 5) is 0. The van der Waals surface area contributed by atoms with Gasteiger partial charge in [-0.3, -0.25) is 0 Å². The second-order valence-corrected chi connectivity index (χ2v) is 14.4. The zero-order valence-electron chi connectivity index (χ0n) is 20.9. The van der Waals surface area contributed by atoms with Gasteiger partial charge in [-0.1, -0.05) is 113 Å². The fourth-order valence-corrected chi connectivity index (χ4v) is 12.1. The molecule has 0 fully saturated rings. The van der Waals surface area contributed by atoms with Crippen molar-refractivity contribution in [3.05, 3.63) is 112 Å². The monoisotopic (exact) mass is 436 g/mol. The van der Waals surface area contributed by atoms with E-state index in [1.165, 1.54) is 54.5 Å². The highest BCUT2D eigenvalue weighted by Gasteiger charge is 2.56. The van der Waals surface area contributed by atoms with E-state index in [1.54, 1.807) is 0 Å². The van der Waals surface area contributed by atoms with Gasteiger partial charge in [-0.25, -0.2) is 0 Å². The lowest BCUT2D eigenvalue weighted by atomic mass is 10.0. The summed E-state index contributed by atoms with van der Waals surface area (Å²) in [7, 11) is -2.50. The molecule has 32 heavy (non-hydrogen) atoms. The molecule has 1 aliphatic rings. The molecule has 0 aliphatic heterocycles. The van der Waals surface area contributed by atoms with E-state index in [-0.39, 0.29) is 5.04 Å². The standard InChI is InChI=1S/C31H36Si/c1-21-9-13-28(14-10-21)32(29-15-11-22(2)12-16-29,30-18-23(3)17-24(4)19-30)31(8)20-25(5)26(6)27(31)7/h9-20H,1-8H3. The lowest BCUT2D eigenvalue weighted by Gasteiger charge is -2.47. The maximum Gasteiger partial charge on any atom is 0.161 e. The van der Waals surface area contributed by atoms with Gasteiger partial charge in [-0.05, 0) is 69.6 Å². The molecule has 164 valence electrons. The topological polar surface area (TPSA) is 0 Å². The van der Waals surface area contributed by atoms with Crippen molar-refractivity contribution in [1.29, 1.82) is 0 Å². The van der Waals surface area contributed by atoms with Crippen LogP contribution in [0.1, 0.15) is 49.9 Å². The van der Waals surface area contributed by atoms with E-state index in [2.05, 4.69) is 128 Å². The third-order valence-electron chi connectivity index (χ3n) is 7.84. The summed E-state index contributed by atoms with van der Waals surface area (Å²) in [6.45, 7) is 18.3. The van der Waals surface area contributed by atoms with Gasteiger partial charge in [0.15, 0.2) is 8.07 Å². The van der Waals surface area contributed by atoms with Gasteiger partial charge in [0.25, 0.3) is 0 Å². The maximum atomic E-state index is 2.58. The van der Waals surface area contributed by atoms with Crippen LogP contribution in [0.5, 0.6) is 0 Å². The average molecular weight is 437 g/mol. The first-order valence-corrected chi connectivity index (χ1v) is 13.7. The summed E-state index contributed by atoms with van der Waals surface area (Å²) in [5, 5.41) is 4.42. The molecule has 1 aliphatic carbocycles. The van der Waals surface area contributed by atoms with Crippen molar-refractivity contribution in [2.75, 3.05) is 0 Å². The van der Waals surface area contributed by atoms with Crippen LogP contribution in [0, 0.1) is 27.7 Å². The summed E-state index contributed by atoms with van der Waals surface area (Å²) >= 11 is 0. The molecular formula is C31H36Si. The molecule has 0 nitrogen and oxygen atoms in total. The number of benzene rings is 3. The molecule has 0 bridgehead atoms. The Hall–Kier alpha value is -2.64. The summed E-state index contributed by atoms with van der Waals surface area (Å²) in [5.74, 6) is 0. The van der Waals surface area contributed by atoms with Crippen molar-refractivity contribution in [1.82, 2.24) is 0 Å². The first kappa shape index (κ1) is 22.5. The molecule has 0 saturated heterocycles. The van der Waals surface area contributed by atoms with Gasteiger partial charge >= 0.3 is 0 Å². The van der Waals surface area contributed by atoms with Crippen LogP contribution in [0.15, 0.2) is 89.5 Å². The van der Waals surface area contributed by atoms with Crippen molar-refractivity contribution >= 4 is 23.6 Å². The van der Waals surface area contributed by atoms with E-state index in [0.29, 0.717) is 0 Å².